The van der Waals surface area contributed by atoms with Gasteiger partial charge in [-0.3, -0.25) is 14.9 Å². The van der Waals surface area contributed by atoms with Gasteiger partial charge in [0.2, 0.25) is 10.0 Å². The maximum atomic E-state index is 13.0. The van der Waals surface area contributed by atoms with Crippen LogP contribution in [0.25, 0.3) is 0 Å². The molecule has 2 saturated carbocycles. The predicted octanol–water partition coefficient (Wildman–Crippen LogP) is 1.97. The smallest absolute Gasteiger partial charge is 0.269 e. The van der Waals surface area contributed by atoms with Crippen LogP contribution in [0.15, 0.2) is 29.2 Å². The molecule has 24 heavy (non-hydrogen) atoms. The maximum Gasteiger partial charge on any atom is 0.269 e. The minimum absolute atomic E-state index is 0.0193. The second kappa shape index (κ2) is 5.35. The molecular formula is C16H18N2O5S. The first-order chi connectivity index (χ1) is 11.4. The van der Waals surface area contributed by atoms with Crippen molar-refractivity contribution in [3.63, 3.8) is 0 Å². The Kier molecular flexibility index (Phi) is 3.50. The number of nitro benzene ring substituents is 1. The maximum absolute atomic E-state index is 13.0. The first-order valence-electron chi connectivity index (χ1n) is 8.18. The molecule has 1 aromatic carbocycles. The fourth-order valence-corrected chi connectivity index (χ4v) is 6.55. The molecule has 0 aromatic heterocycles. The molecule has 1 unspecified atom stereocenters. The van der Waals surface area contributed by atoms with Gasteiger partial charge >= 0.3 is 0 Å². The molecule has 8 heteroatoms. The largest absolute Gasteiger partial charge is 0.299 e. The summed E-state index contributed by atoms with van der Waals surface area (Å²) in [4.78, 5) is 22.4. The van der Waals surface area contributed by atoms with Crippen LogP contribution >= 0.6 is 0 Å². The summed E-state index contributed by atoms with van der Waals surface area (Å²) in [5.41, 5.74) is -0.129. The van der Waals surface area contributed by atoms with Crippen LogP contribution in [0.3, 0.4) is 0 Å². The Bertz CT molecular complexity index is 804. The number of hydrogen-bond donors (Lipinski definition) is 0. The molecule has 0 bridgehead atoms. The van der Waals surface area contributed by atoms with Crippen LogP contribution in [0.2, 0.25) is 0 Å². The molecule has 1 heterocycles. The number of hydrogen-bond acceptors (Lipinski definition) is 5. The second-order valence-electron chi connectivity index (χ2n) is 6.94. The quantitative estimate of drug-likeness (QED) is 0.613. The number of nitrogens with zero attached hydrogens (tertiary/aromatic N) is 2. The van der Waals surface area contributed by atoms with Gasteiger partial charge in [0.05, 0.1) is 9.82 Å². The highest BCUT2D eigenvalue weighted by atomic mass is 32.2. The van der Waals surface area contributed by atoms with Crippen molar-refractivity contribution in [1.29, 1.82) is 0 Å². The zero-order chi connectivity index (χ0) is 17.1. The number of benzene rings is 1. The van der Waals surface area contributed by atoms with Crippen molar-refractivity contribution in [3.8, 4) is 0 Å². The van der Waals surface area contributed by atoms with E-state index in [-0.39, 0.29) is 34.4 Å². The predicted molar refractivity (Wildman–Crippen MR) is 84.7 cm³/mol. The van der Waals surface area contributed by atoms with Gasteiger partial charge in [-0.2, -0.15) is 4.31 Å². The lowest BCUT2D eigenvalue weighted by molar-refractivity contribution is -0.384. The molecule has 0 N–H and O–H groups in total. The van der Waals surface area contributed by atoms with Crippen molar-refractivity contribution in [1.82, 2.24) is 4.31 Å². The van der Waals surface area contributed by atoms with E-state index in [2.05, 4.69) is 0 Å². The Morgan fingerprint density at radius 2 is 1.88 bits per heavy atom. The molecule has 0 amide bonds. The van der Waals surface area contributed by atoms with E-state index in [1.807, 2.05) is 0 Å². The van der Waals surface area contributed by atoms with Crippen molar-refractivity contribution in [2.45, 2.75) is 36.6 Å². The number of carbonyl (C=O) groups is 1. The number of sulfonamides is 1. The molecule has 0 radical (unpaired) electrons. The van der Waals surface area contributed by atoms with Crippen LogP contribution in [-0.2, 0) is 14.8 Å². The molecule has 1 saturated heterocycles. The first-order valence-corrected chi connectivity index (χ1v) is 9.62. The summed E-state index contributed by atoms with van der Waals surface area (Å²) in [6, 6.07) is 4.92. The third-order valence-electron chi connectivity index (χ3n) is 5.78. The van der Waals surface area contributed by atoms with Crippen molar-refractivity contribution in [3.05, 3.63) is 34.4 Å². The Balaban J connectivity index is 1.66. The van der Waals surface area contributed by atoms with Gasteiger partial charge in [-0.25, -0.2) is 8.42 Å². The van der Waals surface area contributed by atoms with Crippen LogP contribution in [-0.4, -0.2) is 36.0 Å². The summed E-state index contributed by atoms with van der Waals surface area (Å²) in [6.07, 6.45) is 3.02. The summed E-state index contributed by atoms with van der Waals surface area (Å²) in [6.45, 7) is 0.386. The topological polar surface area (TPSA) is 97.6 Å². The Morgan fingerprint density at radius 1 is 1.17 bits per heavy atom. The minimum atomic E-state index is -3.69. The molecule has 4 rings (SSSR count). The third-order valence-corrected chi connectivity index (χ3v) is 7.69. The van der Waals surface area contributed by atoms with Crippen LogP contribution in [0.5, 0.6) is 0 Å². The highest BCUT2D eigenvalue weighted by molar-refractivity contribution is 7.89. The van der Waals surface area contributed by atoms with E-state index in [4.69, 9.17) is 0 Å². The normalized spacial score (nSPS) is 32.8. The van der Waals surface area contributed by atoms with Gasteiger partial charge in [-0.1, -0.05) is 6.42 Å². The zero-order valence-electron chi connectivity index (χ0n) is 13.0. The number of non-ortho nitro benzene ring substituents is 1. The molecule has 1 aromatic rings. The molecule has 0 spiro atoms. The van der Waals surface area contributed by atoms with Gasteiger partial charge in [0.15, 0.2) is 0 Å². The lowest BCUT2D eigenvalue weighted by Crippen LogP contribution is -2.42. The average molecular weight is 350 g/mol. The van der Waals surface area contributed by atoms with Crippen LogP contribution in [0, 0.1) is 27.9 Å². The van der Waals surface area contributed by atoms with Gasteiger partial charge in [-0.05, 0) is 36.8 Å². The lowest BCUT2D eigenvalue weighted by Gasteiger charge is -2.34. The van der Waals surface area contributed by atoms with Gasteiger partial charge < -0.3 is 0 Å². The zero-order valence-corrected chi connectivity index (χ0v) is 13.8. The number of ketones is 1. The van der Waals surface area contributed by atoms with Crippen LogP contribution in [0.4, 0.5) is 5.69 Å². The standard InChI is InChI=1S/C16H18N2O5S/c19-15-8-10-9-17(14-3-1-2-13(15)16(10)14)24(22,23)12-6-4-11(5-7-12)18(20)21/h4-7,10,13-14,16H,1-3,8-9H2/t10-,13+,14?,16-/m0/s1. The highest BCUT2D eigenvalue weighted by Crippen LogP contribution is 2.51. The summed E-state index contributed by atoms with van der Waals surface area (Å²) >= 11 is 0. The number of Topliss-reactive ketones (excluding diaryl/α,β-unsaturated/α-hetero) is 1. The first kappa shape index (κ1) is 15.7. The van der Waals surface area contributed by atoms with E-state index in [9.17, 15) is 23.3 Å². The SMILES string of the molecule is O=C1C[C@H]2CN(S(=O)(=O)c3ccc([N+](=O)[O-])cc3)C3CCC[C@H]1[C@@H]32. The fraction of sp³-hybridized carbons (Fsp3) is 0.562. The van der Waals surface area contributed by atoms with E-state index < -0.39 is 14.9 Å². The van der Waals surface area contributed by atoms with Gasteiger partial charge in [0.1, 0.15) is 5.78 Å². The Hall–Kier alpha value is -1.80. The molecule has 3 fully saturated rings. The van der Waals surface area contributed by atoms with E-state index in [1.54, 1.807) is 4.31 Å². The van der Waals surface area contributed by atoms with Gasteiger partial charge in [0, 0.05) is 37.1 Å². The minimum Gasteiger partial charge on any atom is -0.299 e. The van der Waals surface area contributed by atoms with E-state index in [0.717, 1.165) is 19.3 Å². The van der Waals surface area contributed by atoms with Crippen LogP contribution < -0.4 is 0 Å². The fourth-order valence-electron chi connectivity index (χ4n) is 4.80. The van der Waals surface area contributed by atoms with Gasteiger partial charge in [0.25, 0.3) is 5.69 Å². The summed E-state index contributed by atoms with van der Waals surface area (Å²) in [5.74, 6) is 0.590. The number of carbonyl (C=O) groups excluding carboxylic acids is 1. The van der Waals surface area contributed by atoms with Gasteiger partial charge in [-0.15, -0.1) is 0 Å². The average Bonchev–Trinajstić information content (AvgIpc) is 3.09. The number of rotatable bonds is 3. The van der Waals surface area contributed by atoms with E-state index in [0.29, 0.717) is 18.7 Å². The number of nitro groups is 1. The van der Waals surface area contributed by atoms with Crippen molar-refractivity contribution < 1.29 is 18.1 Å². The lowest BCUT2D eigenvalue weighted by atomic mass is 9.77. The van der Waals surface area contributed by atoms with E-state index >= 15 is 0 Å². The monoisotopic (exact) mass is 350 g/mol. The molecule has 3 aliphatic rings. The molecular weight excluding hydrogens is 332 g/mol. The molecule has 7 nitrogen and oxygen atoms in total. The second-order valence-corrected chi connectivity index (χ2v) is 8.83. The Labute approximate surface area is 139 Å². The molecule has 128 valence electrons. The molecule has 2 aliphatic carbocycles. The van der Waals surface area contributed by atoms with Crippen molar-refractivity contribution in [2.24, 2.45) is 17.8 Å². The van der Waals surface area contributed by atoms with Crippen molar-refractivity contribution in [2.75, 3.05) is 6.54 Å². The summed E-state index contributed by atoms with van der Waals surface area (Å²) < 4.78 is 27.5. The summed E-state index contributed by atoms with van der Waals surface area (Å²) in [7, 11) is -3.69. The summed E-state index contributed by atoms with van der Waals surface area (Å²) in [5, 5.41) is 10.7. The highest BCUT2D eigenvalue weighted by Gasteiger charge is 2.56. The molecule has 1 aliphatic heterocycles. The van der Waals surface area contributed by atoms with E-state index in [1.165, 1.54) is 24.3 Å². The van der Waals surface area contributed by atoms with Crippen molar-refractivity contribution >= 4 is 21.5 Å². The Morgan fingerprint density at radius 3 is 2.54 bits per heavy atom. The van der Waals surface area contributed by atoms with Crippen LogP contribution in [0.1, 0.15) is 25.7 Å². The third kappa shape index (κ3) is 2.20. The molecule has 4 atom stereocenters.